The van der Waals surface area contributed by atoms with Crippen LogP contribution in [0.25, 0.3) is 0 Å². The maximum absolute atomic E-state index is 10.2. The van der Waals surface area contributed by atoms with Gasteiger partial charge in [-0.15, -0.1) is 0 Å². The van der Waals surface area contributed by atoms with Crippen LogP contribution >= 0.6 is 12.2 Å². The number of nitrogens with one attached hydrogen (secondary N) is 3. The number of thiocarbonyl (C=S) groups is 1. The molecule has 0 aliphatic carbocycles. The number of morpholine rings is 1. The molecule has 1 unspecified atom stereocenters. The van der Waals surface area contributed by atoms with E-state index in [4.69, 9.17) is 22.7 Å². The van der Waals surface area contributed by atoms with Crippen molar-refractivity contribution in [3.63, 3.8) is 0 Å². The Labute approximate surface area is 188 Å². The van der Waals surface area contributed by atoms with Gasteiger partial charge in [-0.2, -0.15) is 0 Å². The summed E-state index contributed by atoms with van der Waals surface area (Å²) in [7, 11) is 0. The smallest absolute Gasteiger partial charge is 0.185 e. The highest BCUT2D eigenvalue weighted by atomic mass is 32.1. The number of nitrogens with two attached hydrogens (primary N) is 1. The van der Waals surface area contributed by atoms with Gasteiger partial charge < -0.3 is 26.0 Å². The van der Waals surface area contributed by atoms with E-state index in [0.717, 1.165) is 38.5 Å². The predicted octanol–water partition coefficient (Wildman–Crippen LogP) is 2.50. The Bertz CT molecular complexity index is 903. The van der Waals surface area contributed by atoms with Crippen LogP contribution < -0.4 is 21.9 Å². The minimum absolute atomic E-state index is 0.0468. The van der Waals surface area contributed by atoms with Crippen LogP contribution in [0.5, 0.6) is 11.5 Å². The Balaban J connectivity index is 1.55. The van der Waals surface area contributed by atoms with E-state index in [9.17, 15) is 10.2 Å². The lowest BCUT2D eigenvalue weighted by Crippen LogP contribution is -2.45. The summed E-state index contributed by atoms with van der Waals surface area (Å²) in [6, 6.07) is 11.1. The summed E-state index contributed by atoms with van der Waals surface area (Å²) in [5, 5.41) is 23.6. The first-order chi connectivity index (χ1) is 14.8. The number of anilines is 1. The SMILES string of the molecule is CC(C)c1cc(C(N)NNC(=S)Nc2cccc(CN3CCOCC3)c2)c(O)cc1O. The van der Waals surface area contributed by atoms with E-state index in [1.165, 1.54) is 11.6 Å². The molecule has 0 amide bonds. The molecule has 168 valence electrons. The van der Waals surface area contributed by atoms with Crippen LogP contribution in [0.3, 0.4) is 0 Å². The Morgan fingerprint density at radius 2 is 1.84 bits per heavy atom. The number of hydrogen-bond donors (Lipinski definition) is 6. The Hall–Kier alpha value is -2.43. The van der Waals surface area contributed by atoms with Gasteiger partial charge in [0.05, 0.1) is 13.2 Å². The van der Waals surface area contributed by atoms with Crippen molar-refractivity contribution in [2.45, 2.75) is 32.5 Å². The van der Waals surface area contributed by atoms with E-state index in [0.29, 0.717) is 16.2 Å². The molecule has 1 fully saturated rings. The van der Waals surface area contributed by atoms with Crippen LogP contribution in [0.4, 0.5) is 5.69 Å². The largest absolute Gasteiger partial charge is 0.508 e. The summed E-state index contributed by atoms with van der Waals surface area (Å²) < 4.78 is 5.40. The van der Waals surface area contributed by atoms with E-state index in [1.54, 1.807) is 6.07 Å². The lowest BCUT2D eigenvalue weighted by molar-refractivity contribution is 0.0342. The average Bonchev–Trinajstić information content (AvgIpc) is 2.73. The molecule has 0 aromatic heterocycles. The third-order valence-electron chi connectivity index (χ3n) is 5.17. The molecule has 9 heteroatoms. The molecule has 2 aromatic carbocycles. The van der Waals surface area contributed by atoms with Crippen LogP contribution in [-0.4, -0.2) is 46.5 Å². The second-order valence-corrected chi connectivity index (χ2v) is 8.32. The van der Waals surface area contributed by atoms with Gasteiger partial charge in [-0.3, -0.25) is 10.3 Å². The molecule has 31 heavy (non-hydrogen) atoms. The fourth-order valence-electron chi connectivity index (χ4n) is 3.47. The Kier molecular flexibility index (Phi) is 8.05. The van der Waals surface area contributed by atoms with Gasteiger partial charge >= 0.3 is 0 Å². The zero-order valence-electron chi connectivity index (χ0n) is 17.9. The number of ether oxygens (including phenoxy) is 1. The zero-order valence-corrected chi connectivity index (χ0v) is 18.7. The van der Waals surface area contributed by atoms with Crippen LogP contribution in [-0.2, 0) is 11.3 Å². The van der Waals surface area contributed by atoms with Crippen LogP contribution in [0, 0.1) is 0 Å². The van der Waals surface area contributed by atoms with Crippen molar-refractivity contribution < 1.29 is 14.9 Å². The van der Waals surface area contributed by atoms with Crippen molar-refractivity contribution in [3.8, 4) is 11.5 Å². The predicted molar refractivity (Wildman–Crippen MR) is 126 cm³/mol. The fourth-order valence-corrected chi connectivity index (χ4v) is 3.65. The second-order valence-electron chi connectivity index (χ2n) is 7.91. The van der Waals surface area contributed by atoms with Gasteiger partial charge in [0.2, 0.25) is 0 Å². The van der Waals surface area contributed by atoms with Gasteiger partial charge in [0, 0.05) is 37.0 Å². The van der Waals surface area contributed by atoms with Gasteiger partial charge in [0.25, 0.3) is 0 Å². The van der Waals surface area contributed by atoms with E-state index in [2.05, 4.69) is 33.2 Å². The van der Waals surface area contributed by atoms with Crippen molar-refractivity contribution >= 4 is 23.0 Å². The van der Waals surface area contributed by atoms with Gasteiger partial charge in [0.15, 0.2) is 5.11 Å². The van der Waals surface area contributed by atoms with Crippen molar-refractivity contribution in [2.75, 3.05) is 31.6 Å². The number of benzene rings is 2. The monoisotopic (exact) mass is 445 g/mol. The number of nitrogens with zero attached hydrogens (tertiary/aromatic N) is 1. The van der Waals surface area contributed by atoms with E-state index >= 15 is 0 Å². The van der Waals surface area contributed by atoms with Gasteiger partial charge in [-0.05, 0) is 47.5 Å². The van der Waals surface area contributed by atoms with Crippen molar-refractivity contribution in [1.82, 2.24) is 15.8 Å². The molecule has 0 saturated carbocycles. The molecular formula is C22H31N5O3S. The highest BCUT2D eigenvalue weighted by Crippen LogP contribution is 2.33. The molecule has 1 saturated heterocycles. The lowest BCUT2D eigenvalue weighted by atomic mass is 9.98. The van der Waals surface area contributed by atoms with E-state index < -0.39 is 6.17 Å². The number of rotatable bonds is 7. The number of hydrogen-bond acceptors (Lipinski definition) is 7. The minimum Gasteiger partial charge on any atom is -0.508 e. The zero-order chi connectivity index (χ0) is 22.4. The van der Waals surface area contributed by atoms with Crippen molar-refractivity contribution in [1.29, 1.82) is 0 Å². The highest BCUT2D eigenvalue weighted by Gasteiger charge is 2.17. The van der Waals surface area contributed by atoms with Crippen LogP contribution in [0.2, 0.25) is 0 Å². The maximum Gasteiger partial charge on any atom is 0.185 e. The van der Waals surface area contributed by atoms with Crippen LogP contribution in [0.1, 0.15) is 42.6 Å². The summed E-state index contributed by atoms with van der Waals surface area (Å²) in [5.74, 6) is 0.0518. The van der Waals surface area contributed by atoms with Crippen molar-refractivity contribution in [3.05, 3.63) is 53.1 Å². The molecule has 8 nitrogen and oxygen atoms in total. The third kappa shape index (κ3) is 6.52. The first kappa shape index (κ1) is 23.2. The van der Waals surface area contributed by atoms with Crippen LogP contribution in [0.15, 0.2) is 36.4 Å². The summed E-state index contributed by atoms with van der Waals surface area (Å²) >= 11 is 5.36. The summed E-state index contributed by atoms with van der Waals surface area (Å²) in [4.78, 5) is 2.36. The van der Waals surface area contributed by atoms with Gasteiger partial charge in [0.1, 0.15) is 17.7 Å². The highest BCUT2D eigenvalue weighted by molar-refractivity contribution is 7.80. The number of aromatic hydroxyl groups is 2. The topological polar surface area (TPSA) is 115 Å². The molecule has 0 bridgehead atoms. The lowest BCUT2D eigenvalue weighted by Gasteiger charge is -2.26. The Morgan fingerprint density at radius 3 is 2.55 bits per heavy atom. The molecule has 2 aromatic rings. The summed E-state index contributed by atoms with van der Waals surface area (Å²) in [5.41, 5.74) is 15.1. The first-order valence-electron chi connectivity index (χ1n) is 10.4. The molecule has 1 aliphatic heterocycles. The van der Waals surface area contributed by atoms with Gasteiger partial charge in [-0.25, -0.2) is 5.43 Å². The normalized spacial score (nSPS) is 15.6. The molecule has 1 atom stereocenters. The molecule has 0 spiro atoms. The number of hydrazine groups is 1. The van der Waals surface area contributed by atoms with Crippen molar-refractivity contribution in [2.24, 2.45) is 5.73 Å². The van der Waals surface area contributed by atoms with E-state index in [-0.39, 0.29) is 17.4 Å². The van der Waals surface area contributed by atoms with Gasteiger partial charge in [-0.1, -0.05) is 26.0 Å². The second kappa shape index (κ2) is 10.7. The fraction of sp³-hybridized carbons (Fsp3) is 0.409. The summed E-state index contributed by atoms with van der Waals surface area (Å²) in [6.07, 6.45) is -0.731. The third-order valence-corrected chi connectivity index (χ3v) is 5.37. The molecule has 1 heterocycles. The van der Waals surface area contributed by atoms with E-state index in [1.807, 2.05) is 26.0 Å². The maximum atomic E-state index is 10.2. The molecule has 7 N–H and O–H groups in total. The molecule has 3 rings (SSSR count). The molecule has 0 radical (unpaired) electrons. The first-order valence-corrected chi connectivity index (χ1v) is 10.8. The minimum atomic E-state index is -0.731. The summed E-state index contributed by atoms with van der Waals surface area (Å²) in [6.45, 7) is 8.18. The standard InChI is InChI=1S/C22H31N5O3S/c1-14(2)17-11-18(20(29)12-19(17)28)21(23)25-26-22(31)24-16-5-3-4-15(10-16)13-27-6-8-30-9-7-27/h3-5,10-12,14,21,25,28-29H,6-9,13,23H2,1-2H3,(H2,24,26,31). The average molecular weight is 446 g/mol. The number of phenols is 2. The molecule has 1 aliphatic rings. The molecular weight excluding hydrogens is 414 g/mol. The Morgan fingerprint density at radius 1 is 1.13 bits per heavy atom. The number of phenolic OH excluding ortho intramolecular Hbond substituents is 2. The quantitative estimate of drug-likeness (QED) is 0.217.